The minimum absolute atomic E-state index is 0.135. The molecule has 0 saturated heterocycles. The van der Waals surface area contributed by atoms with E-state index in [9.17, 15) is 9.18 Å². The van der Waals surface area contributed by atoms with Crippen LogP contribution in [-0.2, 0) is 6.42 Å². The van der Waals surface area contributed by atoms with Crippen LogP contribution < -0.4 is 0 Å². The quantitative estimate of drug-likeness (QED) is 0.723. The zero-order valence-corrected chi connectivity index (χ0v) is 12.0. The Balaban J connectivity index is 1.88. The Morgan fingerprint density at radius 3 is 2.53 bits per heavy atom. The van der Waals surface area contributed by atoms with Crippen LogP contribution in [0.4, 0.5) is 4.39 Å². The van der Waals surface area contributed by atoms with E-state index >= 15 is 0 Å². The molecule has 0 N–H and O–H groups in total. The highest BCUT2D eigenvalue weighted by molar-refractivity contribution is 9.10. The number of hydrogen-bond donors (Lipinski definition) is 0. The number of carbonyl (C=O) groups excluding carboxylic acids is 1. The van der Waals surface area contributed by atoms with Gasteiger partial charge in [-0.1, -0.05) is 46.3 Å². The van der Waals surface area contributed by atoms with Gasteiger partial charge in [-0.15, -0.1) is 0 Å². The summed E-state index contributed by atoms with van der Waals surface area (Å²) in [6.07, 6.45) is 1.91. The van der Waals surface area contributed by atoms with Crippen LogP contribution in [0, 0.1) is 5.82 Å². The third kappa shape index (κ3) is 4.28. The maximum atomic E-state index is 13.2. The van der Waals surface area contributed by atoms with Crippen molar-refractivity contribution in [2.75, 3.05) is 0 Å². The lowest BCUT2D eigenvalue weighted by Gasteiger charge is -2.03. The fourth-order valence-corrected chi connectivity index (χ4v) is 2.49. The lowest BCUT2D eigenvalue weighted by molar-refractivity contribution is 0.0980. The van der Waals surface area contributed by atoms with E-state index in [-0.39, 0.29) is 11.6 Å². The van der Waals surface area contributed by atoms with Gasteiger partial charge in [0.1, 0.15) is 5.82 Å². The summed E-state index contributed by atoms with van der Waals surface area (Å²) in [6, 6.07) is 14.1. The van der Waals surface area contributed by atoms with Crippen LogP contribution in [0.3, 0.4) is 0 Å². The molecule has 0 heterocycles. The van der Waals surface area contributed by atoms with Gasteiger partial charge in [0.05, 0.1) is 0 Å². The minimum atomic E-state index is -0.251. The van der Waals surface area contributed by atoms with E-state index in [2.05, 4.69) is 15.9 Å². The van der Waals surface area contributed by atoms with E-state index < -0.39 is 0 Å². The van der Waals surface area contributed by atoms with E-state index in [4.69, 9.17) is 0 Å². The zero-order valence-electron chi connectivity index (χ0n) is 10.4. The molecular weight excluding hydrogens is 307 g/mol. The number of aryl methyl sites for hydroxylation is 1. The van der Waals surface area contributed by atoms with Gasteiger partial charge < -0.3 is 0 Å². The number of halogens is 2. The highest BCUT2D eigenvalue weighted by Gasteiger charge is 2.05. The van der Waals surface area contributed by atoms with Crippen molar-refractivity contribution in [1.29, 1.82) is 0 Å². The Hall–Kier alpha value is -1.48. The van der Waals surface area contributed by atoms with Gasteiger partial charge in [-0.05, 0) is 36.6 Å². The summed E-state index contributed by atoms with van der Waals surface area (Å²) < 4.78 is 13.9. The lowest BCUT2D eigenvalue weighted by atomic mass is 10.0. The molecule has 2 rings (SSSR count). The molecule has 1 nitrogen and oxygen atoms in total. The monoisotopic (exact) mass is 320 g/mol. The van der Waals surface area contributed by atoms with Crippen molar-refractivity contribution in [3.05, 3.63) is 69.9 Å². The smallest absolute Gasteiger partial charge is 0.162 e. The molecule has 0 saturated carbocycles. The summed E-state index contributed by atoms with van der Waals surface area (Å²) in [5, 5.41) is 0. The molecule has 0 spiro atoms. The van der Waals surface area contributed by atoms with Crippen LogP contribution in [0.15, 0.2) is 53.0 Å². The van der Waals surface area contributed by atoms with Gasteiger partial charge in [-0.3, -0.25) is 4.79 Å². The number of Topliss-reactive ketones (excluding diaryl/α,β-unsaturated/α-hetero) is 1. The van der Waals surface area contributed by atoms with Crippen LogP contribution in [0.2, 0.25) is 0 Å². The maximum absolute atomic E-state index is 13.2. The predicted octanol–water partition coefficient (Wildman–Crippen LogP) is 4.79. The van der Waals surface area contributed by atoms with E-state index in [1.165, 1.54) is 12.1 Å². The topological polar surface area (TPSA) is 17.1 Å². The summed E-state index contributed by atoms with van der Waals surface area (Å²) >= 11 is 3.26. The maximum Gasteiger partial charge on any atom is 0.162 e. The predicted molar refractivity (Wildman–Crippen MR) is 77.8 cm³/mol. The van der Waals surface area contributed by atoms with Gasteiger partial charge >= 0.3 is 0 Å². The van der Waals surface area contributed by atoms with Crippen LogP contribution >= 0.6 is 15.9 Å². The first kappa shape index (κ1) is 13.9. The molecule has 3 heteroatoms. The number of hydrogen-bond acceptors (Lipinski definition) is 1. The van der Waals surface area contributed by atoms with Crippen molar-refractivity contribution < 1.29 is 9.18 Å². The summed E-state index contributed by atoms with van der Waals surface area (Å²) in [6.45, 7) is 0. The van der Waals surface area contributed by atoms with Crippen molar-refractivity contribution in [3.8, 4) is 0 Å². The molecule has 0 radical (unpaired) electrons. The second-order valence-corrected chi connectivity index (χ2v) is 5.34. The number of rotatable bonds is 5. The molecule has 0 atom stereocenters. The fourth-order valence-electron chi connectivity index (χ4n) is 1.98. The number of benzene rings is 2. The molecule has 2 aromatic carbocycles. The van der Waals surface area contributed by atoms with Crippen LogP contribution in [0.5, 0.6) is 0 Å². The fraction of sp³-hybridized carbons (Fsp3) is 0.188. The molecule has 0 aromatic heterocycles. The van der Waals surface area contributed by atoms with Crippen molar-refractivity contribution in [2.45, 2.75) is 19.3 Å². The van der Waals surface area contributed by atoms with Gasteiger partial charge in [0.25, 0.3) is 0 Å². The number of ketones is 1. The van der Waals surface area contributed by atoms with E-state index in [0.29, 0.717) is 12.8 Å². The minimum Gasteiger partial charge on any atom is -0.294 e. The van der Waals surface area contributed by atoms with Crippen LogP contribution in [0.25, 0.3) is 0 Å². The summed E-state index contributed by atoms with van der Waals surface area (Å²) in [7, 11) is 0. The summed E-state index contributed by atoms with van der Waals surface area (Å²) in [4.78, 5) is 11.9. The highest BCUT2D eigenvalue weighted by Crippen LogP contribution is 2.17. The average molecular weight is 321 g/mol. The van der Waals surface area contributed by atoms with E-state index in [0.717, 1.165) is 22.0 Å². The van der Waals surface area contributed by atoms with E-state index in [1.807, 2.05) is 36.4 Å². The molecule has 0 amide bonds. The Bertz CT molecular complexity index is 546. The summed E-state index contributed by atoms with van der Waals surface area (Å²) in [5.74, 6) is -0.116. The number of carbonyl (C=O) groups is 1. The van der Waals surface area contributed by atoms with Crippen LogP contribution in [-0.4, -0.2) is 5.78 Å². The van der Waals surface area contributed by atoms with Gasteiger partial charge in [-0.25, -0.2) is 4.39 Å². The molecule has 0 fully saturated rings. The summed E-state index contributed by atoms with van der Waals surface area (Å²) in [5.41, 5.74) is 1.65. The Morgan fingerprint density at radius 2 is 1.84 bits per heavy atom. The third-order valence-electron chi connectivity index (χ3n) is 2.89. The first-order valence-electron chi connectivity index (χ1n) is 6.18. The van der Waals surface area contributed by atoms with Gasteiger partial charge in [0.2, 0.25) is 0 Å². The molecule has 0 aliphatic carbocycles. The van der Waals surface area contributed by atoms with Crippen molar-refractivity contribution in [2.24, 2.45) is 0 Å². The molecule has 0 aliphatic rings. The van der Waals surface area contributed by atoms with Gasteiger partial charge in [0.15, 0.2) is 5.78 Å². The molecular formula is C16H14BrFO. The Morgan fingerprint density at radius 1 is 1.11 bits per heavy atom. The van der Waals surface area contributed by atoms with Gasteiger partial charge in [-0.2, -0.15) is 0 Å². The standard InChI is InChI=1S/C16H14BrFO/c17-14-9-12(10-15(18)11-14)5-4-8-16(19)13-6-2-1-3-7-13/h1-3,6-7,9-11H,4-5,8H2. The SMILES string of the molecule is O=C(CCCc1cc(F)cc(Br)c1)c1ccccc1. The molecule has 0 bridgehead atoms. The first-order chi connectivity index (χ1) is 9.15. The second-order valence-electron chi connectivity index (χ2n) is 4.42. The highest BCUT2D eigenvalue weighted by atomic mass is 79.9. The lowest BCUT2D eigenvalue weighted by Crippen LogP contribution is -1.99. The normalized spacial score (nSPS) is 10.4. The average Bonchev–Trinajstić information content (AvgIpc) is 2.38. The Labute approximate surface area is 120 Å². The first-order valence-corrected chi connectivity index (χ1v) is 6.97. The van der Waals surface area contributed by atoms with Crippen LogP contribution in [0.1, 0.15) is 28.8 Å². The van der Waals surface area contributed by atoms with E-state index in [1.54, 1.807) is 0 Å². The molecule has 0 aliphatic heterocycles. The molecule has 2 aromatic rings. The van der Waals surface area contributed by atoms with Gasteiger partial charge in [0, 0.05) is 16.5 Å². The second kappa shape index (κ2) is 6.62. The Kier molecular flexibility index (Phi) is 4.86. The largest absolute Gasteiger partial charge is 0.294 e. The molecule has 0 unspecified atom stereocenters. The zero-order chi connectivity index (χ0) is 13.7. The molecule has 19 heavy (non-hydrogen) atoms. The van der Waals surface area contributed by atoms with Crippen molar-refractivity contribution in [3.63, 3.8) is 0 Å². The van der Waals surface area contributed by atoms with Crippen molar-refractivity contribution in [1.82, 2.24) is 0 Å². The third-order valence-corrected chi connectivity index (χ3v) is 3.35. The molecule has 98 valence electrons. The van der Waals surface area contributed by atoms with Crippen molar-refractivity contribution >= 4 is 21.7 Å².